The number of hydrogen-bond donors (Lipinski definition) is 1. The lowest BCUT2D eigenvalue weighted by molar-refractivity contribution is 0.0988. The van der Waals surface area contributed by atoms with Crippen LogP contribution in [0.25, 0.3) is 0 Å². The number of thiol groups is 1. The Morgan fingerprint density at radius 3 is 2.71 bits per heavy atom. The SMILES string of the molecule is COc1ccc(S)c(C(=O)C(C)Cl)c1. The largest absolute Gasteiger partial charge is 0.497 e. The molecule has 0 aliphatic heterocycles. The highest BCUT2D eigenvalue weighted by Crippen LogP contribution is 2.22. The fourth-order valence-corrected chi connectivity index (χ4v) is 1.42. The first-order chi connectivity index (χ1) is 6.56. The molecule has 0 N–H and O–H groups in total. The molecule has 0 heterocycles. The van der Waals surface area contributed by atoms with Crippen LogP contribution in [0.2, 0.25) is 0 Å². The third kappa shape index (κ3) is 2.42. The van der Waals surface area contributed by atoms with Crippen molar-refractivity contribution in [1.29, 1.82) is 0 Å². The number of ether oxygens (including phenoxy) is 1. The van der Waals surface area contributed by atoms with Gasteiger partial charge in [0.25, 0.3) is 0 Å². The average Bonchev–Trinajstić information content (AvgIpc) is 2.17. The molecule has 0 bridgehead atoms. The predicted octanol–water partition coefficient (Wildman–Crippen LogP) is 2.79. The molecule has 0 saturated carbocycles. The van der Waals surface area contributed by atoms with Crippen LogP contribution in [-0.4, -0.2) is 18.3 Å². The monoisotopic (exact) mass is 230 g/mol. The Labute approximate surface area is 93.6 Å². The van der Waals surface area contributed by atoms with Gasteiger partial charge >= 0.3 is 0 Å². The summed E-state index contributed by atoms with van der Waals surface area (Å²) in [5.74, 6) is 0.485. The molecule has 1 rings (SSSR count). The van der Waals surface area contributed by atoms with Gasteiger partial charge in [-0.3, -0.25) is 4.79 Å². The lowest BCUT2D eigenvalue weighted by Gasteiger charge is -2.07. The molecule has 1 unspecified atom stereocenters. The molecule has 2 nitrogen and oxygen atoms in total. The first-order valence-corrected chi connectivity index (χ1v) is 5.00. The van der Waals surface area contributed by atoms with Gasteiger partial charge in [0.15, 0.2) is 5.78 Å². The van der Waals surface area contributed by atoms with E-state index in [0.29, 0.717) is 16.2 Å². The normalized spacial score (nSPS) is 12.3. The molecule has 0 spiro atoms. The molecule has 0 saturated heterocycles. The second-order valence-electron chi connectivity index (χ2n) is 2.86. The van der Waals surface area contributed by atoms with E-state index in [9.17, 15) is 4.79 Å². The molecular weight excluding hydrogens is 220 g/mol. The van der Waals surface area contributed by atoms with E-state index in [1.165, 1.54) is 0 Å². The highest BCUT2D eigenvalue weighted by Gasteiger charge is 2.15. The maximum Gasteiger partial charge on any atom is 0.181 e. The minimum Gasteiger partial charge on any atom is -0.497 e. The number of halogens is 1. The van der Waals surface area contributed by atoms with Crippen molar-refractivity contribution in [2.45, 2.75) is 17.2 Å². The maximum atomic E-state index is 11.6. The van der Waals surface area contributed by atoms with Crippen molar-refractivity contribution >= 4 is 30.0 Å². The molecule has 0 amide bonds. The standard InChI is InChI=1S/C10H11ClO2S/c1-6(11)10(12)8-5-7(13-2)3-4-9(8)14/h3-6,14H,1-2H3. The lowest BCUT2D eigenvalue weighted by atomic mass is 10.1. The van der Waals surface area contributed by atoms with Crippen LogP contribution in [0.1, 0.15) is 17.3 Å². The highest BCUT2D eigenvalue weighted by atomic mass is 35.5. The number of methoxy groups -OCH3 is 1. The molecule has 0 aliphatic carbocycles. The third-order valence-corrected chi connectivity index (χ3v) is 2.42. The van der Waals surface area contributed by atoms with Crippen LogP contribution in [0.3, 0.4) is 0 Å². The Balaban J connectivity index is 3.12. The summed E-state index contributed by atoms with van der Waals surface area (Å²) in [5.41, 5.74) is 0.496. The third-order valence-electron chi connectivity index (χ3n) is 1.83. The number of benzene rings is 1. The Morgan fingerprint density at radius 2 is 2.21 bits per heavy atom. The summed E-state index contributed by atoms with van der Waals surface area (Å²) in [6, 6.07) is 5.11. The molecular formula is C10H11ClO2S. The molecule has 1 aromatic rings. The first-order valence-electron chi connectivity index (χ1n) is 4.11. The van der Waals surface area contributed by atoms with Gasteiger partial charge in [-0.2, -0.15) is 0 Å². The molecule has 1 atom stereocenters. The number of carbonyl (C=O) groups is 1. The van der Waals surface area contributed by atoms with Gasteiger partial charge in [-0.15, -0.1) is 24.2 Å². The van der Waals surface area contributed by atoms with Gasteiger partial charge in [0, 0.05) is 10.5 Å². The number of ketones is 1. The van der Waals surface area contributed by atoms with E-state index in [1.54, 1.807) is 32.2 Å². The van der Waals surface area contributed by atoms with Crippen molar-refractivity contribution in [3.05, 3.63) is 23.8 Å². The molecule has 0 fully saturated rings. The van der Waals surface area contributed by atoms with Crippen LogP contribution in [0.4, 0.5) is 0 Å². The Morgan fingerprint density at radius 1 is 1.57 bits per heavy atom. The van der Waals surface area contributed by atoms with E-state index in [0.717, 1.165) is 0 Å². The number of hydrogen-bond acceptors (Lipinski definition) is 3. The van der Waals surface area contributed by atoms with Crippen LogP contribution in [0.5, 0.6) is 5.75 Å². The van der Waals surface area contributed by atoms with Crippen molar-refractivity contribution in [2.75, 3.05) is 7.11 Å². The van der Waals surface area contributed by atoms with Gasteiger partial charge in [-0.1, -0.05) is 0 Å². The zero-order valence-corrected chi connectivity index (χ0v) is 9.60. The summed E-state index contributed by atoms with van der Waals surface area (Å²) < 4.78 is 5.01. The van der Waals surface area contributed by atoms with Gasteiger partial charge in [-0.05, 0) is 25.1 Å². The second-order valence-corrected chi connectivity index (χ2v) is 4.00. The molecule has 1 aromatic carbocycles. The van der Waals surface area contributed by atoms with Crippen LogP contribution >= 0.6 is 24.2 Å². The van der Waals surface area contributed by atoms with E-state index < -0.39 is 5.38 Å². The molecule has 76 valence electrons. The van der Waals surface area contributed by atoms with Gasteiger partial charge in [0.1, 0.15) is 5.75 Å². The number of Topliss-reactive ketones (excluding diaryl/α,β-unsaturated/α-hetero) is 1. The number of rotatable bonds is 3. The van der Waals surface area contributed by atoms with Crippen LogP contribution in [0, 0.1) is 0 Å². The fourth-order valence-electron chi connectivity index (χ4n) is 1.05. The number of alkyl halides is 1. The topological polar surface area (TPSA) is 26.3 Å². The zero-order valence-electron chi connectivity index (χ0n) is 7.95. The molecule has 0 radical (unpaired) electrons. The molecule has 14 heavy (non-hydrogen) atoms. The minimum atomic E-state index is -0.548. The van der Waals surface area contributed by atoms with Crippen LogP contribution < -0.4 is 4.74 Å². The highest BCUT2D eigenvalue weighted by molar-refractivity contribution is 7.80. The number of carbonyl (C=O) groups excluding carboxylic acids is 1. The van der Waals surface area contributed by atoms with Crippen molar-refractivity contribution in [3.8, 4) is 5.75 Å². The Kier molecular flexibility index (Phi) is 3.84. The van der Waals surface area contributed by atoms with E-state index in [1.807, 2.05) is 0 Å². The van der Waals surface area contributed by atoms with Gasteiger partial charge in [-0.25, -0.2) is 0 Å². The predicted molar refractivity (Wildman–Crippen MR) is 59.9 cm³/mol. The van der Waals surface area contributed by atoms with Crippen molar-refractivity contribution in [2.24, 2.45) is 0 Å². The average molecular weight is 231 g/mol. The van der Waals surface area contributed by atoms with E-state index >= 15 is 0 Å². The first kappa shape index (κ1) is 11.4. The Bertz CT molecular complexity index is 350. The van der Waals surface area contributed by atoms with E-state index in [2.05, 4.69) is 12.6 Å². The minimum absolute atomic E-state index is 0.143. The van der Waals surface area contributed by atoms with Crippen molar-refractivity contribution in [3.63, 3.8) is 0 Å². The summed E-state index contributed by atoms with van der Waals surface area (Å²) >= 11 is 9.89. The van der Waals surface area contributed by atoms with Gasteiger partial charge in [0.05, 0.1) is 12.5 Å². The van der Waals surface area contributed by atoms with Crippen LogP contribution in [-0.2, 0) is 0 Å². The van der Waals surface area contributed by atoms with Crippen LogP contribution in [0.15, 0.2) is 23.1 Å². The Hall–Kier alpha value is -0.670. The fraction of sp³-hybridized carbons (Fsp3) is 0.300. The molecule has 0 aliphatic rings. The smallest absolute Gasteiger partial charge is 0.181 e. The summed E-state index contributed by atoms with van der Waals surface area (Å²) in [6.45, 7) is 1.64. The lowest BCUT2D eigenvalue weighted by Crippen LogP contribution is -2.11. The summed E-state index contributed by atoms with van der Waals surface area (Å²) in [5, 5.41) is -0.548. The summed E-state index contributed by atoms with van der Waals surface area (Å²) in [4.78, 5) is 12.2. The van der Waals surface area contributed by atoms with E-state index in [-0.39, 0.29) is 5.78 Å². The zero-order chi connectivity index (χ0) is 10.7. The van der Waals surface area contributed by atoms with Crippen molar-refractivity contribution in [1.82, 2.24) is 0 Å². The second kappa shape index (κ2) is 4.71. The molecule has 4 heteroatoms. The maximum absolute atomic E-state index is 11.6. The van der Waals surface area contributed by atoms with Gasteiger partial charge in [0.2, 0.25) is 0 Å². The van der Waals surface area contributed by atoms with E-state index in [4.69, 9.17) is 16.3 Å². The quantitative estimate of drug-likeness (QED) is 0.491. The van der Waals surface area contributed by atoms with Crippen molar-refractivity contribution < 1.29 is 9.53 Å². The molecule has 0 aromatic heterocycles. The summed E-state index contributed by atoms with van der Waals surface area (Å²) in [6.07, 6.45) is 0. The summed E-state index contributed by atoms with van der Waals surface area (Å²) in [7, 11) is 1.55. The van der Waals surface area contributed by atoms with Gasteiger partial charge < -0.3 is 4.74 Å².